The first-order valence-corrected chi connectivity index (χ1v) is 9.09. The lowest BCUT2D eigenvalue weighted by Gasteiger charge is -2.07. The predicted octanol–water partition coefficient (Wildman–Crippen LogP) is 5.80. The van der Waals surface area contributed by atoms with E-state index in [1.807, 2.05) is 77.5 Å². The normalized spacial score (nSPS) is 11.3. The van der Waals surface area contributed by atoms with E-state index in [0.29, 0.717) is 12.1 Å². The third-order valence-corrected chi connectivity index (χ3v) is 5.02. The molecule has 0 spiro atoms. The van der Waals surface area contributed by atoms with E-state index in [2.05, 4.69) is 0 Å². The van der Waals surface area contributed by atoms with E-state index in [9.17, 15) is 9.90 Å². The minimum Gasteiger partial charge on any atom is -0.478 e. The summed E-state index contributed by atoms with van der Waals surface area (Å²) >= 11 is 0. The summed E-state index contributed by atoms with van der Waals surface area (Å²) in [7, 11) is 0. The maximum Gasteiger partial charge on any atom is 0.337 e. The maximum atomic E-state index is 11.9. The zero-order valence-electron chi connectivity index (χ0n) is 15.0. The molecular formula is C24H17NO3. The molecule has 5 aromatic rings. The van der Waals surface area contributed by atoms with Crippen molar-refractivity contribution in [3.63, 3.8) is 0 Å². The molecule has 0 unspecified atom stereocenters. The SMILES string of the molecule is O=C(O)c1cccc2c(-c3cc4ccccc4o3)cn(Cc3ccccc3)c12. The van der Waals surface area contributed by atoms with Gasteiger partial charge in [0.25, 0.3) is 0 Å². The van der Waals surface area contributed by atoms with Gasteiger partial charge >= 0.3 is 5.97 Å². The molecule has 0 saturated heterocycles. The Morgan fingerprint density at radius 2 is 1.71 bits per heavy atom. The van der Waals surface area contributed by atoms with Crippen molar-refractivity contribution in [1.82, 2.24) is 4.57 Å². The number of carboxylic acid groups (broad SMARTS) is 1. The zero-order chi connectivity index (χ0) is 19.1. The van der Waals surface area contributed by atoms with Crippen molar-refractivity contribution in [3.8, 4) is 11.3 Å². The molecule has 0 amide bonds. The first-order chi connectivity index (χ1) is 13.7. The Bertz CT molecular complexity index is 1280. The number of nitrogens with zero attached hydrogens (tertiary/aromatic N) is 1. The van der Waals surface area contributed by atoms with Crippen LogP contribution >= 0.6 is 0 Å². The van der Waals surface area contributed by atoms with Gasteiger partial charge in [0.1, 0.15) is 11.3 Å². The van der Waals surface area contributed by atoms with Crippen LogP contribution in [0.5, 0.6) is 0 Å². The van der Waals surface area contributed by atoms with Crippen LogP contribution in [0.1, 0.15) is 15.9 Å². The number of furan rings is 1. The number of hydrogen-bond acceptors (Lipinski definition) is 2. The summed E-state index contributed by atoms with van der Waals surface area (Å²) in [5.41, 5.74) is 3.81. The first kappa shape index (κ1) is 16.4. The molecule has 0 fully saturated rings. The molecule has 2 heterocycles. The summed E-state index contributed by atoms with van der Waals surface area (Å²) in [6.45, 7) is 0.585. The second kappa shape index (κ2) is 6.43. The fourth-order valence-corrected chi connectivity index (χ4v) is 3.75. The van der Waals surface area contributed by atoms with Gasteiger partial charge in [0.2, 0.25) is 0 Å². The zero-order valence-corrected chi connectivity index (χ0v) is 15.0. The minimum atomic E-state index is -0.936. The molecule has 0 bridgehead atoms. The van der Waals surface area contributed by atoms with Gasteiger partial charge < -0.3 is 14.1 Å². The van der Waals surface area contributed by atoms with Crippen molar-refractivity contribution in [2.45, 2.75) is 6.54 Å². The molecule has 0 saturated carbocycles. The van der Waals surface area contributed by atoms with Crippen LogP contribution in [-0.2, 0) is 6.54 Å². The molecule has 4 heteroatoms. The van der Waals surface area contributed by atoms with E-state index in [1.165, 1.54) is 0 Å². The number of carbonyl (C=O) groups is 1. The molecule has 136 valence electrons. The van der Waals surface area contributed by atoms with Crippen molar-refractivity contribution >= 4 is 27.8 Å². The highest BCUT2D eigenvalue weighted by Gasteiger charge is 2.19. The van der Waals surface area contributed by atoms with Crippen molar-refractivity contribution in [2.24, 2.45) is 0 Å². The van der Waals surface area contributed by atoms with E-state index in [0.717, 1.165) is 33.2 Å². The Hall–Kier alpha value is -3.79. The molecule has 0 aliphatic rings. The molecule has 4 nitrogen and oxygen atoms in total. The van der Waals surface area contributed by atoms with Gasteiger partial charge in [-0.1, -0.05) is 60.7 Å². The van der Waals surface area contributed by atoms with Crippen LogP contribution in [0.25, 0.3) is 33.2 Å². The predicted molar refractivity (Wildman–Crippen MR) is 110 cm³/mol. The van der Waals surface area contributed by atoms with Crippen LogP contribution in [0.15, 0.2) is 89.5 Å². The monoisotopic (exact) mass is 367 g/mol. The van der Waals surface area contributed by atoms with Crippen LogP contribution in [-0.4, -0.2) is 15.6 Å². The largest absolute Gasteiger partial charge is 0.478 e. The van der Waals surface area contributed by atoms with Gasteiger partial charge in [-0.2, -0.15) is 0 Å². The van der Waals surface area contributed by atoms with Crippen molar-refractivity contribution in [1.29, 1.82) is 0 Å². The Kier molecular flexibility index (Phi) is 3.76. The lowest BCUT2D eigenvalue weighted by atomic mass is 10.1. The highest BCUT2D eigenvalue weighted by Crippen LogP contribution is 2.36. The molecule has 28 heavy (non-hydrogen) atoms. The van der Waals surface area contributed by atoms with Gasteiger partial charge in [0.15, 0.2) is 0 Å². The van der Waals surface area contributed by atoms with Crippen LogP contribution in [0, 0.1) is 0 Å². The summed E-state index contributed by atoms with van der Waals surface area (Å²) in [6, 6.07) is 25.3. The molecule has 0 aliphatic carbocycles. The standard InChI is InChI=1S/C24H17NO3/c26-24(27)19-11-6-10-18-20(22-13-17-9-4-5-12-21(17)28-22)15-25(23(18)19)14-16-7-2-1-3-8-16/h1-13,15H,14H2,(H,26,27). The van der Waals surface area contributed by atoms with Crippen LogP contribution < -0.4 is 0 Å². The van der Waals surface area contributed by atoms with E-state index < -0.39 is 5.97 Å². The number of fused-ring (bicyclic) bond motifs is 2. The molecule has 3 aromatic carbocycles. The van der Waals surface area contributed by atoms with Crippen LogP contribution in [0.3, 0.4) is 0 Å². The number of aromatic nitrogens is 1. The molecule has 2 aromatic heterocycles. The summed E-state index contributed by atoms with van der Waals surface area (Å²) < 4.78 is 8.06. The van der Waals surface area contributed by atoms with Crippen molar-refractivity contribution in [2.75, 3.05) is 0 Å². The quantitative estimate of drug-likeness (QED) is 0.437. The van der Waals surface area contributed by atoms with Crippen LogP contribution in [0.4, 0.5) is 0 Å². The van der Waals surface area contributed by atoms with E-state index in [-0.39, 0.29) is 5.56 Å². The Morgan fingerprint density at radius 1 is 0.929 bits per heavy atom. The molecule has 0 atom stereocenters. The van der Waals surface area contributed by atoms with E-state index in [1.54, 1.807) is 12.1 Å². The first-order valence-electron chi connectivity index (χ1n) is 9.09. The van der Waals surface area contributed by atoms with E-state index in [4.69, 9.17) is 4.42 Å². The number of para-hydroxylation sites is 2. The number of hydrogen-bond donors (Lipinski definition) is 1. The third kappa shape index (κ3) is 2.67. The summed E-state index contributed by atoms with van der Waals surface area (Å²) in [6.07, 6.45) is 1.99. The van der Waals surface area contributed by atoms with Crippen LogP contribution in [0.2, 0.25) is 0 Å². The number of aromatic carboxylic acids is 1. The molecule has 0 aliphatic heterocycles. The highest BCUT2D eigenvalue weighted by atomic mass is 16.4. The summed E-state index contributed by atoms with van der Waals surface area (Å²) in [5.74, 6) is -0.199. The second-order valence-electron chi connectivity index (χ2n) is 6.81. The lowest BCUT2D eigenvalue weighted by Crippen LogP contribution is -2.04. The fourth-order valence-electron chi connectivity index (χ4n) is 3.75. The Labute approximate surface area is 161 Å². The average molecular weight is 367 g/mol. The van der Waals surface area contributed by atoms with Gasteiger partial charge in [0, 0.05) is 29.1 Å². The average Bonchev–Trinajstić information content (AvgIpc) is 3.30. The molecule has 1 N–H and O–H groups in total. The van der Waals surface area contributed by atoms with E-state index >= 15 is 0 Å². The van der Waals surface area contributed by atoms with Crippen molar-refractivity contribution in [3.05, 3.63) is 96.2 Å². The molecule has 5 rings (SSSR count). The van der Waals surface area contributed by atoms with Gasteiger partial charge in [0.05, 0.1) is 11.1 Å². The summed E-state index contributed by atoms with van der Waals surface area (Å²) in [5, 5.41) is 11.6. The third-order valence-electron chi connectivity index (χ3n) is 5.02. The number of carboxylic acids is 1. The van der Waals surface area contributed by atoms with Crippen molar-refractivity contribution < 1.29 is 14.3 Å². The lowest BCUT2D eigenvalue weighted by molar-refractivity contribution is 0.0698. The molecular weight excluding hydrogens is 350 g/mol. The second-order valence-corrected chi connectivity index (χ2v) is 6.81. The van der Waals surface area contributed by atoms with Gasteiger partial charge in [-0.25, -0.2) is 4.79 Å². The highest BCUT2D eigenvalue weighted by molar-refractivity contribution is 6.07. The smallest absolute Gasteiger partial charge is 0.337 e. The molecule has 0 radical (unpaired) electrons. The maximum absolute atomic E-state index is 11.9. The topological polar surface area (TPSA) is 55.4 Å². The number of benzene rings is 3. The summed E-state index contributed by atoms with van der Waals surface area (Å²) in [4.78, 5) is 11.9. The van der Waals surface area contributed by atoms with Gasteiger partial charge in [-0.15, -0.1) is 0 Å². The Balaban J connectivity index is 1.76. The fraction of sp³-hybridized carbons (Fsp3) is 0.0417. The number of rotatable bonds is 4. The van der Waals surface area contributed by atoms with Gasteiger partial charge in [-0.3, -0.25) is 0 Å². The van der Waals surface area contributed by atoms with Gasteiger partial charge in [-0.05, 0) is 23.8 Å². The minimum absolute atomic E-state index is 0.288. The Morgan fingerprint density at radius 3 is 2.50 bits per heavy atom.